The van der Waals surface area contributed by atoms with Gasteiger partial charge in [0.05, 0.1) is 13.2 Å². The fraction of sp³-hybridized carbons (Fsp3) is 0.935. The van der Waals surface area contributed by atoms with Crippen LogP contribution < -0.4 is 0 Å². The Kier molecular flexibility index (Phi) is 34.8. The average molecular weight is 750 g/mol. The van der Waals surface area contributed by atoms with Gasteiger partial charge in [0.15, 0.2) is 0 Å². The molecular weight excluding hydrogens is 663 g/mol. The Morgan fingerprint density at radius 1 is 0.509 bits per heavy atom. The molecule has 1 heterocycles. The Bertz CT molecular complexity index is 850. The highest BCUT2D eigenvalue weighted by Gasteiger charge is 2.31. The second kappa shape index (κ2) is 37.3. The monoisotopic (exact) mass is 750 g/mol. The van der Waals surface area contributed by atoms with Crippen molar-refractivity contribution < 1.29 is 28.6 Å². The Labute approximate surface area is 328 Å². The van der Waals surface area contributed by atoms with Crippen molar-refractivity contribution in [3.05, 3.63) is 0 Å². The van der Waals surface area contributed by atoms with Gasteiger partial charge < -0.3 is 14.2 Å². The summed E-state index contributed by atoms with van der Waals surface area (Å²) in [5, 5.41) is 0. The second-order valence-corrected chi connectivity index (χ2v) is 16.1. The fourth-order valence-corrected chi connectivity index (χ4v) is 7.60. The molecule has 53 heavy (non-hydrogen) atoms. The molecule has 1 fully saturated rings. The minimum Gasteiger partial charge on any atom is -0.466 e. The lowest BCUT2D eigenvalue weighted by atomic mass is 10.0. The van der Waals surface area contributed by atoms with Crippen LogP contribution in [0.1, 0.15) is 239 Å². The highest BCUT2D eigenvalue weighted by molar-refractivity contribution is 5.76. The Hall–Kier alpha value is -1.63. The first-order valence-corrected chi connectivity index (χ1v) is 23.3. The molecule has 0 aliphatic carbocycles. The highest BCUT2D eigenvalue weighted by Crippen LogP contribution is 2.21. The van der Waals surface area contributed by atoms with E-state index in [9.17, 15) is 14.4 Å². The van der Waals surface area contributed by atoms with Crippen molar-refractivity contribution in [3.8, 4) is 0 Å². The third-order valence-corrected chi connectivity index (χ3v) is 11.0. The third-order valence-electron chi connectivity index (χ3n) is 11.0. The van der Waals surface area contributed by atoms with Gasteiger partial charge in [-0.25, -0.2) is 0 Å². The van der Waals surface area contributed by atoms with E-state index in [4.69, 9.17) is 14.2 Å². The molecule has 0 spiro atoms. The predicted octanol–water partition coefficient (Wildman–Crippen LogP) is 13.0. The van der Waals surface area contributed by atoms with Gasteiger partial charge in [-0.3, -0.25) is 19.3 Å². The number of hydrogen-bond acceptors (Lipinski definition) is 7. The summed E-state index contributed by atoms with van der Waals surface area (Å²) in [6.45, 7) is 9.45. The third kappa shape index (κ3) is 30.3. The minimum absolute atomic E-state index is 0.0446. The maximum atomic E-state index is 12.9. The zero-order valence-electron chi connectivity index (χ0n) is 35.4. The summed E-state index contributed by atoms with van der Waals surface area (Å²) < 4.78 is 17.1. The van der Waals surface area contributed by atoms with Crippen LogP contribution in [0, 0.1) is 0 Å². The molecule has 0 bridgehead atoms. The Morgan fingerprint density at radius 2 is 0.943 bits per heavy atom. The van der Waals surface area contributed by atoms with Crippen molar-refractivity contribution in [2.24, 2.45) is 0 Å². The topological polar surface area (TPSA) is 82.1 Å². The van der Waals surface area contributed by atoms with E-state index in [1.807, 2.05) is 0 Å². The zero-order chi connectivity index (χ0) is 38.5. The number of hydrogen-bond donors (Lipinski definition) is 0. The van der Waals surface area contributed by atoms with E-state index >= 15 is 0 Å². The van der Waals surface area contributed by atoms with Crippen LogP contribution in [0.25, 0.3) is 0 Å². The highest BCUT2D eigenvalue weighted by atomic mass is 16.5. The number of unbranched alkanes of at least 4 members (excludes halogenated alkanes) is 23. The van der Waals surface area contributed by atoms with Crippen LogP contribution in [0.3, 0.4) is 0 Å². The summed E-state index contributed by atoms with van der Waals surface area (Å²) in [6.07, 6.45) is 38.1. The molecule has 7 heteroatoms. The minimum atomic E-state index is -0.166. The maximum absolute atomic E-state index is 12.9. The van der Waals surface area contributed by atoms with Crippen LogP contribution in [0.15, 0.2) is 0 Å². The second-order valence-electron chi connectivity index (χ2n) is 16.1. The van der Waals surface area contributed by atoms with E-state index in [0.29, 0.717) is 38.9 Å². The largest absolute Gasteiger partial charge is 0.466 e. The quantitative estimate of drug-likeness (QED) is 0.0351. The molecular formula is C46H87NO6. The lowest BCUT2D eigenvalue weighted by Gasteiger charge is -2.22. The van der Waals surface area contributed by atoms with Gasteiger partial charge in [-0.15, -0.1) is 0 Å². The molecule has 0 aromatic rings. The number of rotatable bonds is 39. The van der Waals surface area contributed by atoms with E-state index < -0.39 is 0 Å². The van der Waals surface area contributed by atoms with Gasteiger partial charge in [-0.1, -0.05) is 156 Å². The van der Waals surface area contributed by atoms with Crippen LogP contribution in [-0.4, -0.2) is 61.3 Å². The van der Waals surface area contributed by atoms with Gasteiger partial charge in [0, 0.05) is 12.8 Å². The van der Waals surface area contributed by atoms with Crippen molar-refractivity contribution in [2.75, 3.05) is 26.3 Å². The molecule has 0 radical (unpaired) electrons. The molecule has 2 atom stereocenters. The molecule has 0 aromatic carbocycles. The Balaban J connectivity index is 2.17. The normalized spacial score (nSPS) is 15.1. The van der Waals surface area contributed by atoms with Gasteiger partial charge >= 0.3 is 17.9 Å². The van der Waals surface area contributed by atoms with Crippen molar-refractivity contribution in [2.45, 2.75) is 251 Å². The number of nitrogens with zero attached hydrogens (tertiary/aromatic N) is 1. The molecule has 7 nitrogen and oxygen atoms in total. The number of carbonyl (C=O) groups excluding carboxylic acids is 3. The number of esters is 3. The number of carbonyl (C=O) groups is 3. The van der Waals surface area contributed by atoms with Crippen molar-refractivity contribution in [3.63, 3.8) is 0 Å². The first-order valence-electron chi connectivity index (χ1n) is 23.3. The van der Waals surface area contributed by atoms with Gasteiger partial charge in [0.2, 0.25) is 0 Å². The number of likely N-dealkylation sites (tertiary alicyclic amines) is 1. The van der Waals surface area contributed by atoms with E-state index in [2.05, 4.69) is 25.7 Å². The van der Waals surface area contributed by atoms with Crippen LogP contribution >= 0.6 is 0 Å². The van der Waals surface area contributed by atoms with Gasteiger partial charge in [-0.2, -0.15) is 0 Å². The standard InChI is InChI=1S/C46H87NO6/c1-4-7-10-13-16-18-20-23-30-40-51-44(48)36-27-24-29-38-47-39-32-35-43(47)46(50)52-41-31-28-37-45(49)53-42(33-25-21-15-12-9-6-3)34-26-22-19-17-14-11-8-5-2/h42-43H,4-41H2,1-3H3. The molecule has 0 saturated carbocycles. The predicted molar refractivity (Wildman–Crippen MR) is 221 cm³/mol. The summed E-state index contributed by atoms with van der Waals surface area (Å²) >= 11 is 0. The van der Waals surface area contributed by atoms with Gasteiger partial charge in [0.25, 0.3) is 0 Å². The summed E-state index contributed by atoms with van der Waals surface area (Å²) in [4.78, 5) is 40.0. The van der Waals surface area contributed by atoms with E-state index in [1.165, 1.54) is 122 Å². The summed E-state index contributed by atoms with van der Waals surface area (Å²) in [7, 11) is 0. The maximum Gasteiger partial charge on any atom is 0.323 e. The lowest BCUT2D eigenvalue weighted by Crippen LogP contribution is -2.38. The van der Waals surface area contributed by atoms with E-state index in [0.717, 1.165) is 83.7 Å². The molecule has 0 amide bonds. The Morgan fingerprint density at radius 3 is 1.51 bits per heavy atom. The van der Waals surface area contributed by atoms with Crippen LogP contribution in [0.4, 0.5) is 0 Å². The molecule has 0 aromatic heterocycles. The SMILES string of the molecule is CCCCCCCCCCCOC(=O)CCCCCN1CCCC1C(=O)OCCCCC(=O)OC(CCCCCCCC)CCCCCCCCCC. The van der Waals surface area contributed by atoms with Crippen molar-refractivity contribution in [1.29, 1.82) is 0 Å². The molecule has 1 rings (SSSR count). The van der Waals surface area contributed by atoms with E-state index in [1.54, 1.807) is 0 Å². The lowest BCUT2D eigenvalue weighted by molar-refractivity contribution is -0.150. The van der Waals surface area contributed by atoms with Crippen LogP contribution in [-0.2, 0) is 28.6 Å². The first-order chi connectivity index (χ1) is 26.0. The number of ether oxygens (including phenoxy) is 3. The fourth-order valence-electron chi connectivity index (χ4n) is 7.60. The first kappa shape index (κ1) is 49.4. The smallest absolute Gasteiger partial charge is 0.323 e. The molecule has 1 saturated heterocycles. The van der Waals surface area contributed by atoms with Crippen molar-refractivity contribution in [1.82, 2.24) is 4.90 Å². The van der Waals surface area contributed by atoms with Gasteiger partial charge in [0.1, 0.15) is 12.1 Å². The molecule has 1 aliphatic heterocycles. The van der Waals surface area contributed by atoms with Crippen LogP contribution in [0.2, 0.25) is 0 Å². The van der Waals surface area contributed by atoms with Gasteiger partial charge in [-0.05, 0) is 83.7 Å². The van der Waals surface area contributed by atoms with E-state index in [-0.39, 0.29) is 30.1 Å². The average Bonchev–Trinajstić information content (AvgIpc) is 3.63. The molecule has 312 valence electrons. The molecule has 0 N–H and O–H groups in total. The summed E-state index contributed by atoms with van der Waals surface area (Å²) in [5.74, 6) is -0.303. The molecule has 2 unspecified atom stereocenters. The summed E-state index contributed by atoms with van der Waals surface area (Å²) in [6, 6.07) is -0.166. The van der Waals surface area contributed by atoms with Crippen LogP contribution in [0.5, 0.6) is 0 Å². The van der Waals surface area contributed by atoms with Crippen molar-refractivity contribution >= 4 is 17.9 Å². The zero-order valence-corrected chi connectivity index (χ0v) is 35.4. The molecule has 1 aliphatic rings. The summed E-state index contributed by atoms with van der Waals surface area (Å²) in [5.41, 5.74) is 0.